The van der Waals surface area contributed by atoms with E-state index in [2.05, 4.69) is 24.4 Å². The summed E-state index contributed by atoms with van der Waals surface area (Å²) in [4.78, 5) is 24.6. The van der Waals surface area contributed by atoms with Crippen LogP contribution in [0.4, 0.5) is 0 Å². The number of nitrogens with one attached hydrogen (secondary N) is 1. The molecule has 1 amide bonds. The van der Waals surface area contributed by atoms with E-state index in [4.69, 9.17) is 14.7 Å². The van der Waals surface area contributed by atoms with Crippen LogP contribution in [0, 0.1) is 6.92 Å². The fraction of sp³-hybridized carbons (Fsp3) is 0.480. The van der Waals surface area contributed by atoms with E-state index in [0.29, 0.717) is 11.7 Å². The minimum atomic E-state index is -0.0559. The lowest BCUT2D eigenvalue weighted by molar-refractivity contribution is -0.124. The van der Waals surface area contributed by atoms with Gasteiger partial charge < -0.3 is 10.1 Å². The van der Waals surface area contributed by atoms with Gasteiger partial charge in [0.15, 0.2) is 12.4 Å². The van der Waals surface area contributed by atoms with Crippen molar-refractivity contribution in [3.05, 3.63) is 40.3 Å². The number of amides is 1. The van der Waals surface area contributed by atoms with Gasteiger partial charge in [-0.1, -0.05) is 49.1 Å². The van der Waals surface area contributed by atoms with E-state index in [1.54, 1.807) is 11.3 Å². The van der Waals surface area contributed by atoms with Crippen molar-refractivity contribution in [1.29, 1.82) is 0 Å². The van der Waals surface area contributed by atoms with Gasteiger partial charge in [0.25, 0.3) is 5.91 Å². The number of aryl methyl sites for hydroxylation is 3. The van der Waals surface area contributed by atoms with Crippen molar-refractivity contribution in [2.75, 3.05) is 6.61 Å². The van der Waals surface area contributed by atoms with Crippen molar-refractivity contribution in [2.24, 2.45) is 0 Å². The third kappa shape index (κ3) is 4.45. The van der Waals surface area contributed by atoms with Gasteiger partial charge in [0, 0.05) is 16.5 Å². The van der Waals surface area contributed by atoms with E-state index in [9.17, 15) is 4.79 Å². The molecule has 0 bridgehead atoms. The number of hydrogen-bond donors (Lipinski definition) is 1. The van der Waals surface area contributed by atoms with Crippen molar-refractivity contribution < 1.29 is 9.53 Å². The molecule has 2 aliphatic carbocycles. The number of ether oxygens (including phenoxy) is 1. The predicted molar refractivity (Wildman–Crippen MR) is 125 cm³/mol. The number of carbonyl (C=O) groups is 1. The van der Waals surface area contributed by atoms with E-state index in [0.717, 1.165) is 41.5 Å². The van der Waals surface area contributed by atoms with Gasteiger partial charge in [0.1, 0.15) is 4.83 Å². The van der Waals surface area contributed by atoms with Crippen LogP contribution in [0.15, 0.2) is 24.3 Å². The van der Waals surface area contributed by atoms with Gasteiger partial charge in [-0.3, -0.25) is 4.79 Å². The number of carbonyl (C=O) groups excluding carboxylic acids is 1. The fourth-order valence-corrected chi connectivity index (χ4v) is 5.96. The average Bonchev–Trinajstić information content (AvgIpc) is 3.17. The molecule has 1 fully saturated rings. The first-order valence-electron chi connectivity index (χ1n) is 11.5. The Labute approximate surface area is 187 Å². The molecule has 3 aromatic rings. The number of hydrogen-bond acceptors (Lipinski definition) is 5. The Bertz CT molecular complexity index is 1080. The van der Waals surface area contributed by atoms with E-state index in [1.807, 2.05) is 12.1 Å². The molecule has 5 nitrogen and oxygen atoms in total. The topological polar surface area (TPSA) is 64.1 Å². The highest BCUT2D eigenvalue weighted by Gasteiger charge is 2.23. The Kier molecular flexibility index (Phi) is 5.90. The lowest BCUT2D eigenvalue weighted by Crippen LogP contribution is -2.39. The predicted octanol–water partition coefficient (Wildman–Crippen LogP) is 5.37. The molecule has 6 heteroatoms. The van der Waals surface area contributed by atoms with Gasteiger partial charge in [-0.05, 0) is 51.0 Å². The fourth-order valence-electron chi connectivity index (χ4n) is 4.71. The molecule has 2 heterocycles. The number of nitrogens with zero attached hydrogens (tertiary/aromatic N) is 2. The van der Waals surface area contributed by atoms with Gasteiger partial charge in [0.2, 0.25) is 5.88 Å². The minimum Gasteiger partial charge on any atom is -0.467 e. The van der Waals surface area contributed by atoms with Crippen LogP contribution < -0.4 is 10.1 Å². The Morgan fingerprint density at radius 2 is 1.84 bits per heavy atom. The van der Waals surface area contributed by atoms with Crippen LogP contribution in [0.25, 0.3) is 21.6 Å². The molecule has 1 N–H and O–H groups in total. The van der Waals surface area contributed by atoms with Crippen molar-refractivity contribution >= 4 is 27.5 Å². The van der Waals surface area contributed by atoms with Gasteiger partial charge in [-0.25, -0.2) is 4.98 Å². The molecular formula is C25H29N3O2S. The van der Waals surface area contributed by atoms with Crippen LogP contribution in [0.3, 0.4) is 0 Å². The molecule has 0 atom stereocenters. The molecule has 0 aliphatic heterocycles. The third-order valence-corrected chi connectivity index (χ3v) is 7.59. The highest BCUT2D eigenvalue weighted by atomic mass is 32.1. The zero-order chi connectivity index (χ0) is 21.2. The maximum absolute atomic E-state index is 12.6. The van der Waals surface area contributed by atoms with Crippen LogP contribution in [0.2, 0.25) is 0 Å². The monoisotopic (exact) mass is 435 g/mol. The summed E-state index contributed by atoms with van der Waals surface area (Å²) in [5, 5.41) is 4.16. The van der Waals surface area contributed by atoms with E-state index in [1.165, 1.54) is 48.1 Å². The van der Waals surface area contributed by atoms with E-state index in [-0.39, 0.29) is 18.6 Å². The Hall–Kier alpha value is -2.47. The van der Waals surface area contributed by atoms with Crippen LogP contribution in [0.5, 0.6) is 5.88 Å². The number of rotatable bonds is 5. The first-order valence-corrected chi connectivity index (χ1v) is 12.3. The summed E-state index contributed by atoms with van der Waals surface area (Å²) in [5.41, 5.74) is 3.49. The Morgan fingerprint density at radius 1 is 1.06 bits per heavy atom. The van der Waals surface area contributed by atoms with Crippen molar-refractivity contribution in [3.8, 4) is 17.3 Å². The molecule has 31 heavy (non-hydrogen) atoms. The summed E-state index contributed by atoms with van der Waals surface area (Å²) in [5.74, 6) is 1.16. The number of aromatic nitrogens is 2. The molecule has 5 rings (SSSR count). The molecule has 2 aliphatic rings. The standard InChI is InChI=1S/C25H29N3O2S/c1-16-11-13-17(14-12-16)23-27-24(30-15-21(29)26-18-7-3-2-4-8-18)22-19-9-5-6-10-20(19)31-25(22)28-23/h11-14,18H,2-10,15H2,1H3,(H,26,29). The molecule has 0 saturated heterocycles. The van der Waals surface area contributed by atoms with E-state index >= 15 is 0 Å². The summed E-state index contributed by atoms with van der Waals surface area (Å²) in [6.45, 7) is 2.07. The summed E-state index contributed by atoms with van der Waals surface area (Å²) in [7, 11) is 0. The van der Waals surface area contributed by atoms with Crippen molar-refractivity contribution in [1.82, 2.24) is 15.3 Å². The van der Waals surface area contributed by atoms with Crippen LogP contribution in [-0.4, -0.2) is 28.5 Å². The van der Waals surface area contributed by atoms with Gasteiger partial charge in [-0.2, -0.15) is 4.98 Å². The van der Waals surface area contributed by atoms with E-state index < -0.39 is 0 Å². The van der Waals surface area contributed by atoms with Gasteiger partial charge in [-0.15, -0.1) is 11.3 Å². The smallest absolute Gasteiger partial charge is 0.258 e. The molecule has 162 valence electrons. The third-order valence-electron chi connectivity index (χ3n) is 6.40. The van der Waals surface area contributed by atoms with Crippen LogP contribution in [0.1, 0.15) is 60.9 Å². The SMILES string of the molecule is Cc1ccc(-c2nc(OCC(=O)NC3CCCCC3)c3c4c(sc3n2)CCCC4)cc1. The molecule has 2 aromatic heterocycles. The lowest BCUT2D eigenvalue weighted by atomic mass is 9.95. The largest absolute Gasteiger partial charge is 0.467 e. The molecule has 0 unspecified atom stereocenters. The zero-order valence-electron chi connectivity index (χ0n) is 18.1. The molecule has 1 saturated carbocycles. The first-order chi connectivity index (χ1) is 15.2. The zero-order valence-corrected chi connectivity index (χ0v) is 18.9. The second-order valence-corrected chi connectivity index (χ2v) is 9.88. The van der Waals surface area contributed by atoms with Crippen molar-refractivity contribution in [3.63, 3.8) is 0 Å². The normalized spacial score (nSPS) is 16.8. The quantitative estimate of drug-likeness (QED) is 0.585. The van der Waals surface area contributed by atoms with Gasteiger partial charge >= 0.3 is 0 Å². The summed E-state index contributed by atoms with van der Waals surface area (Å²) in [6, 6.07) is 8.51. The molecule has 0 radical (unpaired) electrons. The number of thiophene rings is 1. The lowest BCUT2D eigenvalue weighted by Gasteiger charge is -2.22. The minimum absolute atomic E-state index is 0.000567. The Morgan fingerprint density at radius 3 is 2.65 bits per heavy atom. The summed E-state index contributed by atoms with van der Waals surface area (Å²) < 4.78 is 6.08. The Balaban J connectivity index is 1.44. The number of fused-ring (bicyclic) bond motifs is 3. The van der Waals surface area contributed by atoms with Crippen LogP contribution >= 0.6 is 11.3 Å². The second kappa shape index (κ2) is 8.95. The highest BCUT2D eigenvalue weighted by molar-refractivity contribution is 7.18. The summed E-state index contributed by atoms with van der Waals surface area (Å²) >= 11 is 1.76. The molecular weight excluding hydrogens is 406 g/mol. The maximum atomic E-state index is 12.6. The van der Waals surface area contributed by atoms with Crippen molar-refractivity contribution in [2.45, 2.75) is 70.8 Å². The molecule has 1 aromatic carbocycles. The van der Waals surface area contributed by atoms with Crippen LogP contribution in [-0.2, 0) is 17.6 Å². The summed E-state index contributed by atoms with van der Waals surface area (Å²) in [6.07, 6.45) is 10.3. The maximum Gasteiger partial charge on any atom is 0.258 e. The molecule has 0 spiro atoms. The average molecular weight is 436 g/mol. The second-order valence-electron chi connectivity index (χ2n) is 8.80. The number of benzene rings is 1. The first kappa shape index (κ1) is 20.4. The highest BCUT2D eigenvalue weighted by Crippen LogP contribution is 2.40. The van der Waals surface area contributed by atoms with Gasteiger partial charge in [0.05, 0.1) is 5.39 Å².